The molecule has 164 valence electrons. The fraction of sp³-hybridized carbons (Fsp3) is 0.381. The number of hydrogen-bond donors (Lipinski definition) is 2. The van der Waals surface area contributed by atoms with Crippen molar-refractivity contribution in [1.82, 2.24) is 34.2 Å². The summed E-state index contributed by atoms with van der Waals surface area (Å²) in [6.45, 7) is 3.90. The lowest BCUT2D eigenvalue weighted by atomic mass is 9.86. The number of nitrogens with zero attached hydrogens (tertiary/aromatic N) is 9. The van der Waals surface area contributed by atoms with Crippen molar-refractivity contribution in [1.29, 1.82) is 5.26 Å². The second-order valence-electron chi connectivity index (χ2n) is 8.00. The van der Waals surface area contributed by atoms with E-state index in [-0.39, 0.29) is 12.1 Å². The molecule has 0 unspecified atom stereocenters. The van der Waals surface area contributed by atoms with E-state index in [1.807, 2.05) is 35.4 Å². The molecule has 0 radical (unpaired) electrons. The molecule has 32 heavy (non-hydrogen) atoms. The van der Waals surface area contributed by atoms with Crippen LogP contribution in [0.25, 0.3) is 5.65 Å². The monoisotopic (exact) mass is 432 g/mol. The number of aliphatic hydroxyl groups excluding tert-OH is 1. The molecule has 2 N–H and O–H groups in total. The number of anilines is 3. The maximum Gasteiger partial charge on any atom is 0.247 e. The molecule has 11 heteroatoms. The lowest BCUT2D eigenvalue weighted by Crippen LogP contribution is -2.63. The molecule has 1 aliphatic heterocycles. The van der Waals surface area contributed by atoms with Gasteiger partial charge in [-0.25, -0.2) is 4.52 Å². The Balaban J connectivity index is 1.38. The number of nitriles is 1. The SMILES string of the molecule is CCc1cnn(C2(CC#N)CN(c3cccn4nc(Nc5cnn(CCO)c5)nc34)C2)c1. The van der Waals surface area contributed by atoms with Crippen molar-refractivity contribution in [3.05, 3.63) is 48.7 Å². The average Bonchev–Trinajstić information content (AvgIpc) is 3.50. The Kier molecular flexibility index (Phi) is 4.99. The van der Waals surface area contributed by atoms with Crippen LogP contribution in [-0.4, -0.2) is 59.0 Å². The third-order valence-corrected chi connectivity index (χ3v) is 5.81. The number of rotatable bonds is 8. The summed E-state index contributed by atoms with van der Waals surface area (Å²) in [5.74, 6) is 0.462. The van der Waals surface area contributed by atoms with Gasteiger partial charge in [0.2, 0.25) is 5.95 Å². The maximum absolute atomic E-state index is 9.43. The molecule has 5 rings (SSSR count). The van der Waals surface area contributed by atoms with E-state index < -0.39 is 0 Å². The normalized spacial score (nSPS) is 15.0. The second-order valence-corrected chi connectivity index (χ2v) is 8.00. The van der Waals surface area contributed by atoms with E-state index in [0.717, 1.165) is 23.4 Å². The molecule has 4 aromatic heterocycles. The van der Waals surface area contributed by atoms with Gasteiger partial charge in [-0.05, 0) is 24.1 Å². The Labute approximate surface area is 184 Å². The number of fused-ring (bicyclic) bond motifs is 1. The highest BCUT2D eigenvalue weighted by Crippen LogP contribution is 2.37. The molecule has 0 atom stereocenters. The molecule has 0 spiro atoms. The average molecular weight is 432 g/mol. The fourth-order valence-corrected chi connectivity index (χ4v) is 4.10. The first kappa shape index (κ1) is 20.0. The Morgan fingerprint density at radius 2 is 2.12 bits per heavy atom. The lowest BCUT2D eigenvalue weighted by Gasteiger charge is -2.50. The highest BCUT2D eigenvalue weighted by Gasteiger charge is 2.46. The van der Waals surface area contributed by atoms with Crippen LogP contribution < -0.4 is 10.2 Å². The van der Waals surface area contributed by atoms with Gasteiger partial charge in [0.15, 0.2) is 5.65 Å². The van der Waals surface area contributed by atoms with Gasteiger partial charge in [-0.1, -0.05) is 6.92 Å². The molecule has 5 heterocycles. The number of hydrogen-bond acceptors (Lipinski definition) is 8. The zero-order chi connectivity index (χ0) is 22.1. The van der Waals surface area contributed by atoms with Gasteiger partial charge in [-0.3, -0.25) is 9.36 Å². The highest BCUT2D eigenvalue weighted by molar-refractivity contribution is 5.72. The summed E-state index contributed by atoms with van der Waals surface area (Å²) in [6.07, 6.45) is 10.6. The van der Waals surface area contributed by atoms with E-state index in [1.165, 1.54) is 5.56 Å². The standard InChI is InChI=1S/C21H24N10O/c1-2-16-10-24-31(12-16)21(5-6-22)14-28(15-21)18-4-3-7-30-19(18)26-20(27-30)25-17-11-23-29(13-17)8-9-32/h3-4,7,10-13,32H,2,5,8-9,14-15H2,1H3,(H,25,27). The Morgan fingerprint density at radius 1 is 1.25 bits per heavy atom. The molecule has 0 saturated carbocycles. The summed E-state index contributed by atoms with van der Waals surface area (Å²) in [4.78, 5) is 6.88. The predicted octanol–water partition coefficient (Wildman–Crippen LogP) is 1.55. The van der Waals surface area contributed by atoms with Gasteiger partial charge < -0.3 is 15.3 Å². The van der Waals surface area contributed by atoms with Crippen molar-refractivity contribution >= 4 is 23.0 Å². The van der Waals surface area contributed by atoms with Crippen molar-refractivity contribution in [2.75, 3.05) is 29.9 Å². The van der Waals surface area contributed by atoms with Gasteiger partial charge in [0.1, 0.15) is 5.54 Å². The quantitative estimate of drug-likeness (QED) is 0.430. The Hall–Kier alpha value is -3.91. The van der Waals surface area contributed by atoms with Crippen LogP contribution in [0.3, 0.4) is 0 Å². The first-order valence-electron chi connectivity index (χ1n) is 10.6. The predicted molar refractivity (Wildman–Crippen MR) is 118 cm³/mol. The van der Waals surface area contributed by atoms with Crippen molar-refractivity contribution in [2.24, 2.45) is 0 Å². The molecule has 0 bridgehead atoms. The van der Waals surface area contributed by atoms with Crippen LogP contribution in [0.5, 0.6) is 0 Å². The van der Waals surface area contributed by atoms with E-state index in [0.29, 0.717) is 32.0 Å². The third kappa shape index (κ3) is 3.44. The van der Waals surface area contributed by atoms with E-state index in [9.17, 15) is 5.26 Å². The first-order chi connectivity index (χ1) is 15.6. The van der Waals surface area contributed by atoms with E-state index >= 15 is 0 Å². The summed E-state index contributed by atoms with van der Waals surface area (Å²) in [5.41, 5.74) is 3.27. The Morgan fingerprint density at radius 3 is 2.88 bits per heavy atom. The van der Waals surface area contributed by atoms with Crippen LogP contribution in [0.2, 0.25) is 0 Å². The molecule has 0 aromatic carbocycles. The number of aliphatic hydroxyl groups is 1. The molecule has 11 nitrogen and oxygen atoms in total. The number of aryl methyl sites for hydroxylation is 1. The topological polar surface area (TPSA) is 125 Å². The minimum Gasteiger partial charge on any atom is -0.394 e. The molecule has 0 aliphatic carbocycles. The fourth-order valence-electron chi connectivity index (χ4n) is 4.10. The van der Waals surface area contributed by atoms with Crippen LogP contribution >= 0.6 is 0 Å². The van der Waals surface area contributed by atoms with E-state index in [4.69, 9.17) is 5.11 Å². The van der Waals surface area contributed by atoms with Crippen LogP contribution in [0.15, 0.2) is 43.1 Å². The van der Waals surface area contributed by atoms with Crippen molar-refractivity contribution in [3.8, 4) is 6.07 Å². The molecule has 1 saturated heterocycles. The summed E-state index contributed by atoms with van der Waals surface area (Å²) < 4.78 is 5.34. The summed E-state index contributed by atoms with van der Waals surface area (Å²) in [6, 6.07) is 6.29. The van der Waals surface area contributed by atoms with Crippen LogP contribution in [0.1, 0.15) is 18.9 Å². The first-order valence-corrected chi connectivity index (χ1v) is 10.6. The maximum atomic E-state index is 9.43. The Bertz CT molecular complexity index is 1270. The zero-order valence-electron chi connectivity index (χ0n) is 17.8. The summed E-state index contributed by atoms with van der Waals surface area (Å²) >= 11 is 0. The van der Waals surface area contributed by atoms with Gasteiger partial charge >= 0.3 is 0 Å². The van der Waals surface area contributed by atoms with Gasteiger partial charge in [-0.2, -0.15) is 20.4 Å². The van der Waals surface area contributed by atoms with Gasteiger partial charge in [0, 0.05) is 31.7 Å². The molecule has 0 amide bonds. The molecular formula is C21H24N10O. The smallest absolute Gasteiger partial charge is 0.247 e. The number of nitrogens with one attached hydrogen (secondary N) is 1. The van der Waals surface area contributed by atoms with E-state index in [1.54, 1.807) is 21.6 Å². The van der Waals surface area contributed by atoms with Gasteiger partial charge in [0.05, 0.1) is 49.4 Å². The molecular weight excluding hydrogens is 408 g/mol. The second kappa shape index (κ2) is 7.97. The summed E-state index contributed by atoms with van der Waals surface area (Å²) in [5, 5.41) is 34.9. The number of pyridine rings is 1. The molecule has 4 aromatic rings. The molecule has 1 fully saturated rings. The lowest BCUT2D eigenvalue weighted by molar-refractivity contribution is 0.198. The minimum absolute atomic E-state index is 0.0263. The molecule has 1 aliphatic rings. The minimum atomic E-state index is -0.336. The van der Waals surface area contributed by atoms with Crippen molar-refractivity contribution in [2.45, 2.75) is 31.8 Å². The van der Waals surface area contributed by atoms with Crippen molar-refractivity contribution < 1.29 is 5.11 Å². The van der Waals surface area contributed by atoms with Crippen LogP contribution in [-0.2, 0) is 18.5 Å². The van der Waals surface area contributed by atoms with E-state index in [2.05, 4.69) is 43.5 Å². The van der Waals surface area contributed by atoms with Crippen LogP contribution in [0, 0.1) is 11.3 Å². The van der Waals surface area contributed by atoms with Gasteiger partial charge in [-0.15, -0.1) is 5.10 Å². The largest absolute Gasteiger partial charge is 0.394 e. The van der Waals surface area contributed by atoms with Crippen molar-refractivity contribution in [3.63, 3.8) is 0 Å². The number of aromatic nitrogens is 7. The highest BCUT2D eigenvalue weighted by atomic mass is 16.3. The zero-order valence-corrected chi connectivity index (χ0v) is 17.8. The summed E-state index contributed by atoms with van der Waals surface area (Å²) in [7, 11) is 0. The third-order valence-electron chi connectivity index (χ3n) is 5.81. The van der Waals surface area contributed by atoms with Crippen LogP contribution in [0.4, 0.5) is 17.3 Å². The van der Waals surface area contributed by atoms with Gasteiger partial charge in [0.25, 0.3) is 0 Å².